The van der Waals surface area contributed by atoms with Gasteiger partial charge >= 0.3 is 0 Å². The smallest absolute Gasteiger partial charge is 0.0373 e. The first-order chi connectivity index (χ1) is 9.22. The Bertz CT molecular complexity index is 362. The first-order valence-corrected chi connectivity index (χ1v) is 8.49. The van der Waals surface area contributed by atoms with Gasteiger partial charge in [-0.2, -0.15) is 0 Å². The zero-order valence-electron chi connectivity index (χ0n) is 12.6. The van der Waals surface area contributed by atoms with E-state index in [-0.39, 0.29) is 0 Å². The van der Waals surface area contributed by atoms with E-state index in [0.29, 0.717) is 5.92 Å². The molecule has 0 aliphatic rings. The Balaban J connectivity index is 2.84. The molecular formula is C17H28BrN. The number of hydrogen-bond acceptors (Lipinski definition) is 1. The maximum atomic E-state index is 3.62. The van der Waals surface area contributed by atoms with Crippen molar-refractivity contribution in [3.8, 4) is 0 Å². The minimum Gasteiger partial charge on any atom is -0.388 e. The van der Waals surface area contributed by atoms with E-state index in [2.05, 4.69) is 53.3 Å². The normalized spacial score (nSPS) is 12.4. The highest BCUT2D eigenvalue weighted by Gasteiger charge is 2.15. The first kappa shape index (κ1) is 16.6. The molecule has 0 aliphatic heterocycles. The van der Waals surface area contributed by atoms with Crippen LogP contribution in [0.1, 0.15) is 70.3 Å². The van der Waals surface area contributed by atoms with Gasteiger partial charge in [-0.15, -0.1) is 0 Å². The molecule has 1 atom stereocenters. The molecule has 0 aliphatic carbocycles. The summed E-state index contributed by atoms with van der Waals surface area (Å²) in [5, 5.41) is 3.35. The molecule has 0 saturated heterocycles. The van der Waals surface area contributed by atoms with Gasteiger partial charge in [0, 0.05) is 17.2 Å². The summed E-state index contributed by atoms with van der Waals surface area (Å²) in [6, 6.07) is 6.62. The van der Waals surface area contributed by atoms with E-state index in [1.54, 1.807) is 0 Å². The molecule has 0 amide bonds. The Morgan fingerprint density at radius 1 is 1.05 bits per heavy atom. The summed E-state index contributed by atoms with van der Waals surface area (Å²) in [6.45, 7) is 4.56. The predicted molar refractivity (Wildman–Crippen MR) is 90.1 cm³/mol. The molecule has 0 saturated carbocycles. The van der Waals surface area contributed by atoms with Crippen LogP contribution < -0.4 is 5.32 Å². The second-order valence-corrected chi connectivity index (χ2v) is 6.23. The van der Waals surface area contributed by atoms with E-state index in [4.69, 9.17) is 0 Å². The molecular weight excluding hydrogens is 298 g/mol. The lowest BCUT2D eigenvalue weighted by atomic mass is 9.87. The quantitative estimate of drug-likeness (QED) is 0.522. The monoisotopic (exact) mass is 325 g/mol. The van der Waals surface area contributed by atoms with Crippen molar-refractivity contribution in [3.05, 3.63) is 28.2 Å². The minimum atomic E-state index is 0.700. The van der Waals surface area contributed by atoms with Crippen molar-refractivity contribution in [3.63, 3.8) is 0 Å². The van der Waals surface area contributed by atoms with Crippen LogP contribution in [0.15, 0.2) is 22.7 Å². The zero-order valence-corrected chi connectivity index (χ0v) is 14.2. The summed E-state index contributed by atoms with van der Waals surface area (Å²) in [4.78, 5) is 0. The molecule has 0 radical (unpaired) electrons. The lowest BCUT2D eigenvalue weighted by Crippen LogP contribution is -2.04. The van der Waals surface area contributed by atoms with E-state index in [0.717, 1.165) is 0 Å². The van der Waals surface area contributed by atoms with Gasteiger partial charge in [0.15, 0.2) is 0 Å². The highest BCUT2D eigenvalue weighted by atomic mass is 79.9. The Kier molecular flexibility index (Phi) is 8.20. The van der Waals surface area contributed by atoms with Gasteiger partial charge in [-0.3, -0.25) is 0 Å². The van der Waals surface area contributed by atoms with E-state index in [1.807, 2.05) is 7.05 Å². The van der Waals surface area contributed by atoms with Gasteiger partial charge in [0.1, 0.15) is 0 Å². The van der Waals surface area contributed by atoms with Gasteiger partial charge in [0.2, 0.25) is 0 Å². The van der Waals surface area contributed by atoms with E-state index in [1.165, 1.54) is 60.7 Å². The molecule has 0 spiro atoms. The summed E-state index contributed by atoms with van der Waals surface area (Å²) < 4.78 is 1.19. The summed E-state index contributed by atoms with van der Waals surface area (Å²) in [5.74, 6) is 0.700. The third kappa shape index (κ3) is 5.56. The largest absolute Gasteiger partial charge is 0.388 e. The zero-order chi connectivity index (χ0) is 14.1. The highest BCUT2D eigenvalue weighted by molar-refractivity contribution is 9.10. The number of anilines is 1. The van der Waals surface area contributed by atoms with Gasteiger partial charge < -0.3 is 5.32 Å². The van der Waals surface area contributed by atoms with Gasteiger partial charge in [0.25, 0.3) is 0 Å². The number of unbranched alkanes of at least 4 members (excludes halogenated alkanes) is 3. The van der Waals surface area contributed by atoms with E-state index in [9.17, 15) is 0 Å². The van der Waals surface area contributed by atoms with Crippen LogP contribution in [0.4, 0.5) is 5.69 Å². The van der Waals surface area contributed by atoms with Crippen molar-refractivity contribution < 1.29 is 0 Å². The van der Waals surface area contributed by atoms with Crippen LogP contribution in [0.25, 0.3) is 0 Å². The molecule has 1 aromatic carbocycles. The number of benzene rings is 1. The fraction of sp³-hybridized carbons (Fsp3) is 0.647. The standard InChI is InChI=1S/C17H28BrN/c1-4-6-8-10-14(9-7-5-2)16-13-15(18)11-12-17(16)19-3/h11-14,19H,4-10H2,1-3H3. The second-order valence-electron chi connectivity index (χ2n) is 5.32. The second kappa shape index (κ2) is 9.41. The Morgan fingerprint density at radius 3 is 2.37 bits per heavy atom. The number of halogens is 1. The molecule has 0 heterocycles. The van der Waals surface area contributed by atoms with Gasteiger partial charge in [-0.05, 0) is 42.5 Å². The van der Waals surface area contributed by atoms with Gasteiger partial charge in [-0.25, -0.2) is 0 Å². The van der Waals surface area contributed by atoms with E-state index < -0.39 is 0 Å². The average Bonchev–Trinajstić information content (AvgIpc) is 2.42. The Labute approximate surface area is 127 Å². The first-order valence-electron chi connectivity index (χ1n) is 7.70. The van der Waals surface area contributed by atoms with Crippen molar-refractivity contribution >= 4 is 21.6 Å². The maximum absolute atomic E-state index is 3.62. The summed E-state index contributed by atoms with van der Waals surface area (Å²) in [5.41, 5.74) is 2.78. The third-order valence-electron chi connectivity index (χ3n) is 3.79. The van der Waals surface area contributed by atoms with Crippen LogP contribution in [0.5, 0.6) is 0 Å². The lowest BCUT2D eigenvalue weighted by Gasteiger charge is -2.21. The third-order valence-corrected chi connectivity index (χ3v) is 4.28. The fourth-order valence-electron chi connectivity index (χ4n) is 2.65. The van der Waals surface area contributed by atoms with Crippen molar-refractivity contribution in [2.75, 3.05) is 12.4 Å². The molecule has 1 nitrogen and oxygen atoms in total. The lowest BCUT2D eigenvalue weighted by molar-refractivity contribution is 0.516. The molecule has 19 heavy (non-hydrogen) atoms. The van der Waals surface area contributed by atoms with Crippen molar-refractivity contribution in [1.29, 1.82) is 0 Å². The Morgan fingerprint density at radius 2 is 1.74 bits per heavy atom. The molecule has 0 fully saturated rings. The molecule has 1 unspecified atom stereocenters. The molecule has 1 rings (SSSR count). The maximum Gasteiger partial charge on any atom is 0.0373 e. The van der Waals surface area contributed by atoms with Crippen LogP contribution >= 0.6 is 15.9 Å². The van der Waals surface area contributed by atoms with E-state index >= 15 is 0 Å². The van der Waals surface area contributed by atoms with Crippen LogP contribution in [-0.4, -0.2) is 7.05 Å². The number of rotatable bonds is 9. The van der Waals surface area contributed by atoms with Crippen LogP contribution in [0.3, 0.4) is 0 Å². The van der Waals surface area contributed by atoms with Gasteiger partial charge in [0.05, 0.1) is 0 Å². The average molecular weight is 326 g/mol. The molecule has 1 N–H and O–H groups in total. The predicted octanol–water partition coefficient (Wildman–Crippen LogP) is 6.34. The summed E-state index contributed by atoms with van der Waals surface area (Å²) >= 11 is 3.62. The van der Waals surface area contributed by atoms with Gasteiger partial charge in [-0.1, -0.05) is 61.9 Å². The summed E-state index contributed by atoms with van der Waals surface area (Å²) in [6.07, 6.45) is 9.24. The molecule has 1 aromatic rings. The molecule has 2 heteroatoms. The highest BCUT2D eigenvalue weighted by Crippen LogP contribution is 2.34. The minimum absolute atomic E-state index is 0.700. The molecule has 0 bridgehead atoms. The van der Waals surface area contributed by atoms with Crippen molar-refractivity contribution in [2.24, 2.45) is 0 Å². The van der Waals surface area contributed by atoms with Crippen LogP contribution in [0, 0.1) is 0 Å². The molecule has 0 aromatic heterocycles. The topological polar surface area (TPSA) is 12.0 Å². The Hall–Kier alpha value is -0.500. The summed E-state index contributed by atoms with van der Waals surface area (Å²) in [7, 11) is 2.02. The SMILES string of the molecule is CCCCCC(CCCC)c1cc(Br)ccc1NC. The number of hydrogen-bond donors (Lipinski definition) is 1. The fourth-order valence-corrected chi connectivity index (χ4v) is 3.02. The van der Waals surface area contributed by atoms with Crippen molar-refractivity contribution in [2.45, 2.75) is 64.7 Å². The molecule has 108 valence electrons. The van der Waals surface area contributed by atoms with Crippen molar-refractivity contribution in [1.82, 2.24) is 0 Å². The number of nitrogens with one attached hydrogen (secondary N) is 1. The van der Waals surface area contributed by atoms with Crippen LogP contribution in [-0.2, 0) is 0 Å². The van der Waals surface area contributed by atoms with Crippen LogP contribution in [0.2, 0.25) is 0 Å².